The minimum Gasteiger partial charge on any atom is -0.475 e. The van der Waals surface area contributed by atoms with Crippen molar-refractivity contribution in [3.63, 3.8) is 0 Å². The molecule has 0 N–H and O–H groups in total. The lowest BCUT2D eigenvalue weighted by atomic mass is 10.1. The monoisotopic (exact) mass is 487 g/mol. The average molecular weight is 488 g/mol. The van der Waals surface area contributed by atoms with Gasteiger partial charge in [-0.2, -0.15) is 16.8 Å². The average Bonchev–Trinajstić information content (AvgIpc) is 3.28. The number of aliphatic imine (C=N–C) groups is 1. The third-order valence-corrected chi connectivity index (χ3v) is 7.42. The SMILES string of the molecule is O=S(=O)(OCC1(COS(=O)(=O)c2ccccc2)COC(c2ccccc2)=N1)c1ccccc1. The van der Waals surface area contributed by atoms with E-state index < -0.39 is 39.0 Å². The molecule has 0 atom stereocenters. The summed E-state index contributed by atoms with van der Waals surface area (Å²) in [4.78, 5) is 4.45. The largest absolute Gasteiger partial charge is 0.475 e. The lowest BCUT2D eigenvalue weighted by Crippen LogP contribution is -2.41. The molecule has 4 rings (SSSR count). The van der Waals surface area contributed by atoms with E-state index in [0.29, 0.717) is 5.56 Å². The lowest BCUT2D eigenvalue weighted by Gasteiger charge is -2.23. The highest BCUT2D eigenvalue weighted by molar-refractivity contribution is 7.87. The number of hydrogen-bond acceptors (Lipinski definition) is 8. The van der Waals surface area contributed by atoms with Gasteiger partial charge in [-0.15, -0.1) is 0 Å². The first-order valence-corrected chi connectivity index (χ1v) is 12.8. The summed E-state index contributed by atoms with van der Waals surface area (Å²) in [6, 6.07) is 24.3. The van der Waals surface area contributed by atoms with E-state index in [2.05, 4.69) is 4.99 Å². The fourth-order valence-corrected chi connectivity index (χ4v) is 5.09. The van der Waals surface area contributed by atoms with Crippen LogP contribution in [0.1, 0.15) is 5.56 Å². The van der Waals surface area contributed by atoms with Gasteiger partial charge in [0.1, 0.15) is 12.1 Å². The standard InChI is InChI=1S/C23H21NO7S2/c25-32(26,20-12-6-2-7-13-20)30-17-23(16-29-22(24-23)19-10-4-1-5-11-19)18-31-33(27,28)21-14-8-3-9-15-21/h1-15H,16-18H2. The zero-order chi connectivity index (χ0) is 23.4. The van der Waals surface area contributed by atoms with Crippen molar-refractivity contribution >= 4 is 26.1 Å². The van der Waals surface area contributed by atoms with Crippen LogP contribution in [0.4, 0.5) is 0 Å². The Bertz CT molecular complexity index is 1250. The molecule has 0 aliphatic carbocycles. The van der Waals surface area contributed by atoms with Crippen molar-refractivity contribution < 1.29 is 29.9 Å². The molecular weight excluding hydrogens is 466 g/mol. The quantitative estimate of drug-likeness (QED) is 0.427. The molecule has 8 nitrogen and oxygen atoms in total. The highest BCUT2D eigenvalue weighted by Crippen LogP contribution is 2.27. The van der Waals surface area contributed by atoms with Crippen molar-refractivity contribution in [3.8, 4) is 0 Å². The summed E-state index contributed by atoms with van der Waals surface area (Å²) in [5.41, 5.74) is -0.731. The summed E-state index contributed by atoms with van der Waals surface area (Å²) < 4.78 is 66.8. The smallest absolute Gasteiger partial charge is 0.297 e. The Hall–Kier alpha value is -3.05. The summed E-state index contributed by atoms with van der Waals surface area (Å²) >= 11 is 0. The van der Waals surface area contributed by atoms with Gasteiger partial charge in [-0.25, -0.2) is 4.99 Å². The molecule has 0 unspecified atom stereocenters. The molecule has 0 saturated heterocycles. The topological polar surface area (TPSA) is 108 Å². The molecule has 3 aromatic carbocycles. The van der Waals surface area contributed by atoms with Gasteiger partial charge in [0.15, 0.2) is 0 Å². The van der Waals surface area contributed by atoms with Crippen LogP contribution in [0.5, 0.6) is 0 Å². The van der Waals surface area contributed by atoms with Crippen LogP contribution in [-0.2, 0) is 33.3 Å². The van der Waals surface area contributed by atoms with E-state index in [1.54, 1.807) is 60.7 Å². The van der Waals surface area contributed by atoms with Gasteiger partial charge >= 0.3 is 0 Å². The van der Waals surface area contributed by atoms with Crippen molar-refractivity contribution in [2.45, 2.75) is 15.3 Å². The normalized spacial score (nSPS) is 15.6. The van der Waals surface area contributed by atoms with Gasteiger partial charge in [-0.3, -0.25) is 8.37 Å². The Morgan fingerprint density at radius 1 is 0.697 bits per heavy atom. The van der Waals surface area contributed by atoms with E-state index in [1.807, 2.05) is 6.07 Å². The zero-order valence-electron chi connectivity index (χ0n) is 17.4. The zero-order valence-corrected chi connectivity index (χ0v) is 19.0. The van der Waals surface area contributed by atoms with E-state index in [4.69, 9.17) is 13.1 Å². The van der Waals surface area contributed by atoms with E-state index >= 15 is 0 Å². The summed E-state index contributed by atoms with van der Waals surface area (Å²) in [5.74, 6) is 0.247. The van der Waals surface area contributed by atoms with E-state index in [9.17, 15) is 16.8 Å². The van der Waals surface area contributed by atoms with Crippen molar-refractivity contribution in [2.24, 2.45) is 4.99 Å². The van der Waals surface area contributed by atoms with E-state index in [-0.39, 0.29) is 22.3 Å². The molecule has 1 aliphatic heterocycles. The minimum atomic E-state index is -4.10. The van der Waals surface area contributed by atoms with Gasteiger partial charge in [-0.05, 0) is 36.4 Å². The molecular formula is C23H21NO7S2. The Morgan fingerprint density at radius 3 is 1.58 bits per heavy atom. The van der Waals surface area contributed by atoms with Crippen molar-refractivity contribution in [1.29, 1.82) is 0 Å². The first kappa shape index (κ1) is 23.1. The lowest BCUT2D eigenvalue weighted by molar-refractivity contribution is 0.124. The van der Waals surface area contributed by atoms with Gasteiger partial charge in [0.25, 0.3) is 20.2 Å². The predicted molar refractivity (Wildman–Crippen MR) is 121 cm³/mol. The minimum absolute atomic E-state index is 0.0239. The predicted octanol–water partition coefficient (Wildman–Crippen LogP) is 3.01. The highest BCUT2D eigenvalue weighted by Gasteiger charge is 2.41. The van der Waals surface area contributed by atoms with Gasteiger partial charge in [0.2, 0.25) is 5.90 Å². The number of benzene rings is 3. The maximum atomic E-state index is 12.6. The van der Waals surface area contributed by atoms with Crippen LogP contribution >= 0.6 is 0 Å². The molecule has 10 heteroatoms. The molecule has 0 saturated carbocycles. The number of hydrogen-bond donors (Lipinski definition) is 0. The second-order valence-electron chi connectivity index (χ2n) is 7.35. The van der Waals surface area contributed by atoms with Crippen molar-refractivity contribution in [3.05, 3.63) is 96.6 Å². The van der Waals surface area contributed by atoms with Gasteiger partial charge in [0, 0.05) is 5.56 Å². The first-order chi connectivity index (χ1) is 15.8. The fraction of sp³-hybridized carbons (Fsp3) is 0.174. The van der Waals surface area contributed by atoms with Crippen molar-refractivity contribution in [2.75, 3.05) is 19.8 Å². The van der Waals surface area contributed by atoms with E-state index in [0.717, 1.165) is 0 Å². The van der Waals surface area contributed by atoms with Crippen LogP contribution in [0.2, 0.25) is 0 Å². The van der Waals surface area contributed by atoms with Gasteiger partial charge < -0.3 is 4.74 Å². The molecule has 0 aromatic heterocycles. The van der Waals surface area contributed by atoms with Gasteiger partial charge in [-0.1, -0.05) is 54.6 Å². The highest BCUT2D eigenvalue weighted by atomic mass is 32.2. The third kappa shape index (κ3) is 5.48. The van der Waals surface area contributed by atoms with Crippen molar-refractivity contribution in [1.82, 2.24) is 0 Å². The van der Waals surface area contributed by atoms with E-state index in [1.165, 1.54) is 24.3 Å². The fourth-order valence-electron chi connectivity index (χ4n) is 3.09. The Morgan fingerprint density at radius 2 is 1.12 bits per heavy atom. The molecule has 0 bridgehead atoms. The molecule has 0 radical (unpaired) electrons. The Kier molecular flexibility index (Phi) is 6.61. The molecule has 1 aliphatic rings. The maximum absolute atomic E-state index is 12.6. The Labute approximate surface area is 192 Å². The number of rotatable bonds is 9. The summed E-state index contributed by atoms with van der Waals surface area (Å²) in [6.45, 7) is -1.05. The molecule has 0 spiro atoms. The second kappa shape index (κ2) is 9.44. The molecule has 172 valence electrons. The summed E-state index contributed by atoms with van der Waals surface area (Å²) in [6.07, 6.45) is 0. The van der Waals surface area contributed by atoms with Crippen LogP contribution < -0.4 is 0 Å². The number of ether oxygens (including phenoxy) is 1. The van der Waals surface area contributed by atoms with Gasteiger partial charge in [0.05, 0.1) is 23.0 Å². The molecule has 3 aromatic rings. The third-order valence-electron chi connectivity index (χ3n) is 4.87. The number of nitrogens with zero attached hydrogens (tertiary/aromatic N) is 1. The Balaban J connectivity index is 1.60. The molecule has 0 fully saturated rings. The summed E-state index contributed by atoms with van der Waals surface area (Å²) in [7, 11) is -8.21. The maximum Gasteiger partial charge on any atom is 0.297 e. The van der Waals surface area contributed by atoms with Crippen LogP contribution in [0.3, 0.4) is 0 Å². The van der Waals surface area contributed by atoms with Crippen LogP contribution in [0.25, 0.3) is 0 Å². The summed E-state index contributed by atoms with van der Waals surface area (Å²) in [5, 5.41) is 0. The van der Waals surface area contributed by atoms with Crippen LogP contribution in [0.15, 0.2) is 106 Å². The molecule has 0 amide bonds. The second-order valence-corrected chi connectivity index (χ2v) is 10.6. The molecule has 1 heterocycles. The van der Waals surface area contributed by atoms with Crippen LogP contribution in [0, 0.1) is 0 Å². The first-order valence-electron chi connectivity index (χ1n) is 9.97. The van der Waals surface area contributed by atoms with Crippen LogP contribution in [-0.4, -0.2) is 48.1 Å². The molecule has 33 heavy (non-hydrogen) atoms.